The molecule has 2 nitrogen and oxygen atoms in total. The molecular weight excluding hydrogens is 209 g/mol. The number of carbonyl (C=O) groups excluding carboxylic acids is 1. The van der Waals surface area contributed by atoms with E-state index in [1.165, 1.54) is 20.1 Å². The van der Waals surface area contributed by atoms with E-state index in [9.17, 15) is 18.0 Å². The molecule has 0 saturated carbocycles. The van der Waals surface area contributed by atoms with Crippen molar-refractivity contribution in [2.45, 2.75) is 13.1 Å². The second-order valence-corrected chi connectivity index (χ2v) is 3.39. The topological polar surface area (TPSA) is 26.3 Å². The van der Waals surface area contributed by atoms with Gasteiger partial charge in [-0.1, -0.05) is 11.6 Å². The third kappa shape index (κ3) is 2.68. The molecule has 0 radical (unpaired) electrons. The highest BCUT2D eigenvalue weighted by molar-refractivity contribution is 6.01. The number of carbonyl (C=O) groups is 1. The molecule has 1 rings (SSSR count). The zero-order chi connectivity index (χ0) is 11.6. The molecule has 1 atom stereocenters. The number of hydrogen-bond donors (Lipinski definition) is 0. The summed E-state index contributed by atoms with van der Waals surface area (Å²) >= 11 is 0. The van der Waals surface area contributed by atoms with Crippen molar-refractivity contribution in [1.82, 2.24) is 0 Å². The summed E-state index contributed by atoms with van der Waals surface area (Å²) in [5.41, 5.74) is -0.659. The summed E-state index contributed by atoms with van der Waals surface area (Å²) in [6, 6.07) is 0. The monoisotopic (exact) mass is 220 g/mol. The van der Waals surface area contributed by atoms with Crippen molar-refractivity contribution in [2.75, 3.05) is 13.7 Å². The number of allylic oxidation sites excluding steroid dienone is 3. The molecule has 0 N–H and O–H groups in total. The number of rotatable bonds is 2. The van der Waals surface area contributed by atoms with Gasteiger partial charge in [0.25, 0.3) is 0 Å². The first-order valence-electron chi connectivity index (χ1n) is 4.36. The van der Waals surface area contributed by atoms with E-state index >= 15 is 0 Å². The summed E-state index contributed by atoms with van der Waals surface area (Å²) in [7, 11) is 1.35. The van der Waals surface area contributed by atoms with Crippen molar-refractivity contribution in [3.8, 4) is 0 Å². The van der Waals surface area contributed by atoms with Gasteiger partial charge in [-0.25, -0.2) is 0 Å². The first-order chi connectivity index (χ1) is 6.86. The molecule has 1 aliphatic carbocycles. The molecule has 0 aliphatic heterocycles. The number of halogens is 3. The molecule has 0 bridgehead atoms. The van der Waals surface area contributed by atoms with Crippen LogP contribution in [-0.2, 0) is 9.53 Å². The quantitative estimate of drug-likeness (QED) is 0.713. The van der Waals surface area contributed by atoms with Crippen LogP contribution in [0.5, 0.6) is 0 Å². The van der Waals surface area contributed by atoms with Crippen LogP contribution in [0.25, 0.3) is 0 Å². The number of hydrogen-bond acceptors (Lipinski definition) is 2. The van der Waals surface area contributed by atoms with Gasteiger partial charge >= 0.3 is 6.18 Å². The highest BCUT2D eigenvalue weighted by Crippen LogP contribution is 2.32. The maximum absolute atomic E-state index is 12.4. The zero-order valence-corrected chi connectivity index (χ0v) is 8.39. The molecule has 0 aromatic rings. The molecule has 1 unspecified atom stereocenters. The SMILES string of the molecule is COCC1C=C(C)C=C(C(F)(F)F)C1=O. The van der Waals surface area contributed by atoms with E-state index in [0.29, 0.717) is 5.57 Å². The maximum Gasteiger partial charge on any atom is 0.419 e. The van der Waals surface area contributed by atoms with E-state index < -0.39 is 23.5 Å². The van der Waals surface area contributed by atoms with E-state index in [2.05, 4.69) is 0 Å². The van der Waals surface area contributed by atoms with Crippen LogP contribution in [0.1, 0.15) is 6.92 Å². The number of ether oxygens (including phenoxy) is 1. The van der Waals surface area contributed by atoms with Gasteiger partial charge in [0, 0.05) is 7.11 Å². The summed E-state index contributed by atoms with van der Waals surface area (Å²) in [6.45, 7) is 1.50. The molecule has 1 aliphatic rings. The Bertz CT molecular complexity index is 326. The lowest BCUT2D eigenvalue weighted by molar-refractivity contribution is -0.132. The molecule has 15 heavy (non-hydrogen) atoms. The number of methoxy groups -OCH3 is 1. The van der Waals surface area contributed by atoms with Crippen LogP contribution in [0.2, 0.25) is 0 Å². The molecule has 0 spiro atoms. The fourth-order valence-electron chi connectivity index (χ4n) is 1.46. The van der Waals surface area contributed by atoms with Crippen LogP contribution in [0.4, 0.5) is 13.2 Å². The predicted molar refractivity (Wildman–Crippen MR) is 48.3 cm³/mol. The minimum Gasteiger partial charge on any atom is -0.384 e. The third-order valence-electron chi connectivity index (χ3n) is 2.09. The smallest absolute Gasteiger partial charge is 0.384 e. The second kappa shape index (κ2) is 4.18. The molecule has 0 aromatic heterocycles. The molecular formula is C10H11F3O2. The van der Waals surface area contributed by atoms with Gasteiger partial charge in [-0.15, -0.1) is 0 Å². The summed E-state index contributed by atoms with van der Waals surface area (Å²) in [6.07, 6.45) is -2.23. The fourth-order valence-corrected chi connectivity index (χ4v) is 1.46. The largest absolute Gasteiger partial charge is 0.419 e. The molecule has 0 fully saturated rings. The number of alkyl halides is 3. The third-order valence-corrected chi connectivity index (χ3v) is 2.09. The van der Waals surface area contributed by atoms with Gasteiger partial charge in [-0.2, -0.15) is 13.2 Å². The van der Waals surface area contributed by atoms with Crippen LogP contribution in [-0.4, -0.2) is 25.7 Å². The normalized spacial score (nSPS) is 22.5. The Labute approximate surface area is 85.4 Å². The molecule has 0 saturated heterocycles. The van der Waals surface area contributed by atoms with Crippen molar-refractivity contribution in [1.29, 1.82) is 0 Å². The lowest BCUT2D eigenvalue weighted by atomic mass is 9.89. The molecule has 0 aromatic carbocycles. The lowest BCUT2D eigenvalue weighted by Crippen LogP contribution is -2.30. The molecule has 5 heteroatoms. The van der Waals surface area contributed by atoms with Gasteiger partial charge in [0.15, 0.2) is 5.78 Å². The van der Waals surface area contributed by atoms with E-state index in [4.69, 9.17) is 4.74 Å². The Morgan fingerprint density at radius 3 is 2.53 bits per heavy atom. The standard InChI is InChI=1S/C10H11F3O2/c1-6-3-7(5-15-2)9(14)8(4-6)10(11,12)13/h3-4,7H,5H2,1-2H3. The van der Waals surface area contributed by atoms with Gasteiger partial charge in [0.05, 0.1) is 18.1 Å². The summed E-state index contributed by atoms with van der Waals surface area (Å²) in [5.74, 6) is -1.74. The Morgan fingerprint density at radius 2 is 2.07 bits per heavy atom. The summed E-state index contributed by atoms with van der Waals surface area (Å²) < 4.78 is 42.0. The average Bonchev–Trinajstić information content (AvgIpc) is 2.09. The minimum absolute atomic E-state index is 0.0242. The van der Waals surface area contributed by atoms with Gasteiger partial charge in [-0.3, -0.25) is 4.79 Å². The van der Waals surface area contributed by atoms with Crippen LogP contribution in [0.15, 0.2) is 23.3 Å². The van der Waals surface area contributed by atoms with Crippen LogP contribution < -0.4 is 0 Å². The van der Waals surface area contributed by atoms with Crippen molar-refractivity contribution >= 4 is 5.78 Å². The average molecular weight is 220 g/mol. The number of Topliss-reactive ketones (excluding diaryl/α,β-unsaturated/α-hetero) is 1. The number of ketones is 1. The highest BCUT2D eigenvalue weighted by atomic mass is 19.4. The highest BCUT2D eigenvalue weighted by Gasteiger charge is 2.41. The zero-order valence-electron chi connectivity index (χ0n) is 8.39. The summed E-state index contributed by atoms with van der Waals surface area (Å²) in [5, 5.41) is 0. The molecule has 0 heterocycles. The minimum atomic E-state index is -4.58. The van der Waals surface area contributed by atoms with Crippen LogP contribution >= 0.6 is 0 Å². The second-order valence-electron chi connectivity index (χ2n) is 3.39. The van der Waals surface area contributed by atoms with Crippen molar-refractivity contribution in [3.63, 3.8) is 0 Å². The Kier molecular flexibility index (Phi) is 3.34. The Morgan fingerprint density at radius 1 is 1.47 bits per heavy atom. The lowest BCUT2D eigenvalue weighted by Gasteiger charge is -2.20. The maximum atomic E-state index is 12.4. The van der Waals surface area contributed by atoms with Crippen LogP contribution in [0, 0.1) is 5.92 Å². The van der Waals surface area contributed by atoms with Gasteiger partial charge < -0.3 is 4.74 Å². The van der Waals surface area contributed by atoms with E-state index in [0.717, 1.165) is 6.08 Å². The van der Waals surface area contributed by atoms with E-state index in [1.54, 1.807) is 0 Å². The Hall–Kier alpha value is -1.10. The van der Waals surface area contributed by atoms with Crippen molar-refractivity contribution < 1.29 is 22.7 Å². The van der Waals surface area contributed by atoms with Gasteiger partial charge in [-0.05, 0) is 13.0 Å². The first kappa shape index (κ1) is 12.0. The molecule has 0 amide bonds. The predicted octanol–water partition coefficient (Wildman–Crippen LogP) is 2.27. The summed E-state index contributed by atoms with van der Waals surface area (Å²) in [4.78, 5) is 11.4. The van der Waals surface area contributed by atoms with E-state index in [1.807, 2.05) is 0 Å². The van der Waals surface area contributed by atoms with Crippen LogP contribution in [0.3, 0.4) is 0 Å². The van der Waals surface area contributed by atoms with Gasteiger partial charge in [0.2, 0.25) is 0 Å². The fraction of sp³-hybridized carbons (Fsp3) is 0.500. The van der Waals surface area contributed by atoms with Crippen molar-refractivity contribution in [2.24, 2.45) is 5.92 Å². The Balaban J connectivity index is 3.00. The first-order valence-corrected chi connectivity index (χ1v) is 4.36. The van der Waals surface area contributed by atoms with Crippen molar-refractivity contribution in [3.05, 3.63) is 23.3 Å². The van der Waals surface area contributed by atoms with E-state index in [-0.39, 0.29) is 6.61 Å². The molecule has 84 valence electrons. The van der Waals surface area contributed by atoms with Gasteiger partial charge in [0.1, 0.15) is 0 Å².